The number of fused-ring (bicyclic) bond motifs is 1. The van der Waals surface area contributed by atoms with E-state index in [9.17, 15) is 13.0 Å². The van der Waals surface area contributed by atoms with E-state index in [1.165, 1.54) is 26.4 Å². The van der Waals surface area contributed by atoms with E-state index in [-0.39, 0.29) is 10.6 Å². The standard InChI is InChI=1S/C18H16O5S/c1-22-16-11-17(23-2)18(24(19,20)21)10-15(16)14-9-5-7-12-6-3-4-8-13(12)14/h3-11H,1-2H3,(H,19,20,21). The van der Waals surface area contributed by atoms with Gasteiger partial charge in [-0.15, -0.1) is 0 Å². The van der Waals surface area contributed by atoms with Crippen molar-refractivity contribution in [1.82, 2.24) is 0 Å². The number of hydrogen-bond acceptors (Lipinski definition) is 4. The van der Waals surface area contributed by atoms with Crippen LogP contribution in [0, 0.1) is 0 Å². The highest BCUT2D eigenvalue weighted by atomic mass is 32.2. The largest absolute Gasteiger partial charge is 0.496 e. The first-order chi connectivity index (χ1) is 11.5. The maximum absolute atomic E-state index is 11.7. The average Bonchev–Trinajstić information content (AvgIpc) is 2.59. The molecule has 0 heterocycles. The molecule has 3 rings (SSSR count). The van der Waals surface area contributed by atoms with Gasteiger partial charge >= 0.3 is 0 Å². The second-order valence-electron chi connectivity index (χ2n) is 5.21. The zero-order valence-corrected chi connectivity index (χ0v) is 14.0. The summed E-state index contributed by atoms with van der Waals surface area (Å²) in [5, 5.41) is 1.96. The molecule has 3 aromatic carbocycles. The quantitative estimate of drug-likeness (QED) is 0.729. The Hall–Kier alpha value is -2.57. The summed E-state index contributed by atoms with van der Waals surface area (Å²) in [4.78, 5) is -0.297. The van der Waals surface area contributed by atoms with Gasteiger partial charge in [0.1, 0.15) is 16.4 Å². The Morgan fingerprint density at radius 3 is 2.17 bits per heavy atom. The van der Waals surface area contributed by atoms with Crippen LogP contribution < -0.4 is 9.47 Å². The van der Waals surface area contributed by atoms with Gasteiger partial charge in [0.25, 0.3) is 10.1 Å². The Bertz CT molecular complexity index is 1000. The minimum Gasteiger partial charge on any atom is -0.496 e. The topological polar surface area (TPSA) is 72.8 Å². The lowest BCUT2D eigenvalue weighted by molar-refractivity contribution is 0.384. The highest BCUT2D eigenvalue weighted by Gasteiger charge is 2.21. The Kier molecular flexibility index (Phi) is 4.17. The molecular weight excluding hydrogens is 328 g/mol. The third kappa shape index (κ3) is 2.81. The number of rotatable bonds is 4. The monoisotopic (exact) mass is 344 g/mol. The van der Waals surface area contributed by atoms with Crippen LogP contribution in [0.1, 0.15) is 0 Å². The highest BCUT2D eigenvalue weighted by molar-refractivity contribution is 7.86. The normalized spacial score (nSPS) is 11.5. The van der Waals surface area contributed by atoms with Gasteiger partial charge in [-0.2, -0.15) is 8.42 Å². The van der Waals surface area contributed by atoms with Crippen molar-refractivity contribution in [3.63, 3.8) is 0 Å². The third-order valence-electron chi connectivity index (χ3n) is 3.84. The van der Waals surface area contributed by atoms with Crippen molar-refractivity contribution in [2.45, 2.75) is 4.90 Å². The molecule has 0 bridgehead atoms. The molecule has 0 fully saturated rings. The van der Waals surface area contributed by atoms with Gasteiger partial charge in [0, 0.05) is 11.6 Å². The third-order valence-corrected chi connectivity index (χ3v) is 4.72. The van der Waals surface area contributed by atoms with E-state index in [1.54, 1.807) is 0 Å². The van der Waals surface area contributed by atoms with Gasteiger partial charge in [-0.3, -0.25) is 4.55 Å². The molecule has 0 spiro atoms. The molecule has 24 heavy (non-hydrogen) atoms. The smallest absolute Gasteiger partial charge is 0.298 e. The Labute approximate surface area is 140 Å². The first-order valence-corrected chi connectivity index (χ1v) is 8.61. The molecule has 0 aliphatic rings. The lowest BCUT2D eigenvalue weighted by Gasteiger charge is -2.15. The predicted molar refractivity (Wildman–Crippen MR) is 92.3 cm³/mol. The van der Waals surface area contributed by atoms with Gasteiger partial charge in [0.15, 0.2) is 0 Å². The maximum Gasteiger partial charge on any atom is 0.298 e. The fourth-order valence-corrected chi connectivity index (χ4v) is 3.41. The molecule has 0 saturated carbocycles. The summed E-state index contributed by atoms with van der Waals surface area (Å²) in [6, 6.07) is 16.3. The van der Waals surface area contributed by atoms with E-state index in [4.69, 9.17) is 9.47 Å². The van der Waals surface area contributed by atoms with Gasteiger partial charge in [0.05, 0.1) is 14.2 Å². The summed E-state index contributed by atoms with van der Waals surface area (Å²) in [6.07, 6.45) is 0. The predicted octanol–water partition coefficient (Wildman–Crippen LogP) is 3.77. The van der Waals surface area contributed by atoms with Gasteiger partial charge in [-0.1, -0.05) is 42.5 Å². The Morgan fingerprint density at radius 1 is 0.833 bits per heavy atom. The van der Waals surface area contributed by atoms with Crippen LogP contribution >= 0.6 is 0 Å². The molecule has 0 aliphatic carbocycles. The lowest BCUT2D eigenvalue weighted by Crippen LogP contribution is -2.03. The molecule has 124 valence electrons. The van der Waals surface area contributed by atoms with Crippen LogP contribution in [0.2, 0.25) is 0 Å². The van der Waals surface area contributed by atoms with Gasteiger partial charge < -0.3 is 9.47 Å². The number of benzene rings is 3. The van der Waals surface area contributed by atoms with E-state index in [0.29, 0.717) is 11.3 Å². The molecule has 0 unspecified atom stereocenters. The van der Waals surface area contributed by atoms with E-state index in [1.807, 2.05) is 42.5 Å². The minimum atomic E-state index is -4.43. The summed E-state index contributed by atoms with van der Waals surface area (Å²) >= 11 is 0. The van der Waals surface area contributed by atoms with E-state index < -0.39 is 10.1 Å². The second-order valence-corrected chi connectivity index (χ2v) is 6.60. The van der Waals surface area contributed by atoms with Crippen molar-refractivity contribution >= 4 is 20.9 Å². The van der Waals surface area contributed by atoms with Crippen molar-refractivity contribution in [3.05, 3.63) is 54.6 Å². The van der Waals surface area contributed by atoms with Crippen LogP contribution in [0.5, 0.6) is 11.5 Å². The summed E-state index contributed by atoms with van der Waals surface area (Å²) < 4.78 is 43.4. The van der Waals surface area contributed by atoms with Gasteiger partial charge in [-0.05, 0) is 22.4 Å². The first-order valence-electron chi connectivity index (χ1n) is 7.17. The highest BCUT2D eigenvalue weighted by Crippen LogP contribution is 2.40. The zero-order valence-electron chi connectivity index (χ0n) is 13.2. The molecule has 1 N–H and O–H groups in total. The van der Waals surface area contributed by atoms with E-state index >= 15 is 0 Å². The molecular formula is C18H16O5S. The van der Waals surface area contributed by atoms with Crippen LogP contribution in [-0.4, -0.2) is 27.2 Å². The maximum atomic E-state index is 11.7. The summed E-state index contributed by atoms with van der Waals surface area (Å²) in [5.41, 5.74) is 1.36. The molecule has 3 aromatic rings. The fraction of sp³-hybridized carbons (Fsp3) is 0.111. The molecule has 0 atom stereocenters. The van der Waals surface area contributed by atoms with Crippen molar-refractivity contribution in [3.8, 4) is 22.6 Å². The van der Waals surface area contributed by atoms with Gasteiger partial charge in [0.2, 0.25) is 0 Å². The number of methoxy groups -OCH3 is 2. The first kappa shape index (κ1) is 16.3. The number of ether oxygens (including phenoxy) is 2. The number of hydrogen-bond donors (Lipinski definition) is 1. The molecule has 0 aliphatic heterocycles. The van der Waals surface area contributed by atoms with Crippen LogP contribution in [0.4, 0.5) is 0 Å². The minimum absolute atomic E-state index is 0.0262. The van der Waals surface area contributed by atoms with Crippen LogP contribution in [0.25, 0.3) is 21.9 Å². The molecule has 5 nitrogen and oxygen atoms in total. The fourth-order valence-electron chi connectivity index (χ4n) is 2.74. The Morgan fingerprint density at radius 2 is 1.50 bits per heavy atom. The van der Waals surface area contributed by atoms with Crippen molar-refractivity contribution in [2.24, 2.45) is 0 Å². The van der Waals surface area contributed by atoms with Crippen LogP contribution in [-0.2, 0) is 10.1 Å². The van der Waals surface area contributed by atoms with Crippen LogP contribution in [0.15, 0.2) is 59.5 Å². The molecule has 0 aromatic heterocycles. The lowest BCUT2D eigenvalue weighted by atomic mass is 9.97. The second kappa shape index (κ2) is 6.14. The van der Waals surface area contributed by atoms with E-state index in [0.717, 1.165) is 16.3 Å². The summed E-state index contributed by atoms with van der Waals surface area (Å²) in [6.45, 7) is 0. The average molecular weight is 344 g/mol. The van der Waals surface area contributed by atoms with Crippen molar-refractivity contribution in [2.75, 3.05) is 14.2 Å². The molecule has 0 amide bonds. The molecule has 6 heteroatoms. The summed E-state index contributed by atoms with van der Waals surface area (Å²) in [5.74, 6) is 0.480. The Balaban J connectivity index is 2.38. The van der Waals surface area contributed by atoms with E-state index in [2.05, 4.69) is 0 Å². The SMILES string of the molecule is COc1cc(OC)c(S(=O)(=O)O)cc1-c1cccc2ccccc12. The van der Waals surface area contributed by atoms with Crippen LogP contribution in [0.3, 0.4) is 0 Å². The summed E-state index contributed by atoms with van der Waals surface area (Å²) in [7, 11) is -1.60. The molecule has 0 saturated heterocycles. The van der Waals surface area contributed by atoms with Gasteiger partial charge in [-0.25, -0.2) is 0 Å². The van der Waals surface area contributed by atoms with Crippen molar-refractivity contribution < 1.29 is 22.4 Å². The van der Waals surface area contributed by atoms with Crippen molar-refractivity contribution in [1.29, 1.82) is 0 Å². The molecule has 0 radical (unpaired) electrons. The zero-order chi connectivity index (χ0) is 17.3.